The highest BCUT2D eigenvalue weighted by Gasteiger charge is 2.35. The van der Waals surface area contributed by atoms with Gasteiger partial charge in [-0.3, -0.25) is 4.79 Å². The summed E-state index contributed by atoms with van der Waals surface area (Å²) in [5.74, 6) is -1.93. The fourth-order valence-corrected chi connectivity index (χ4v) is 3.35. The van der Waals surface area contributed by atoms with Gasteiger partial charge in [0.25, 0.3) is 5.91 Å². The molecule has 1 unspecified atom stereocenters. The van der Waals surface area contributed by atoms with Crippen LogP contribution in [0.25, 0.3) is 0 Å². The topological polar surface area (TPSA) is 122 Å². The average molecular weight is 336 g/mol. The van der Waals surface area contributed by atoms with Crippen molar-refractivity contribution in [2.45, 2.75) is 17.4 Å². The van der Waals surface area contributed by atoms with E-state index in [0.717, 1.165) is 11.3 Å². The molecule has 0 fully saturated rings. The Balaban J connectivity index is 2.97. The third-order valence-corrected chi connectivity index (χ3v) is 5.14. The molecule has 0 spiro atoms. The van der Waals surface area contributed by atoms with E-state index in [1.54, 1.807) is 0 Å². The number of carboxylic acid groups (broad SMARTS) is 1. The molecule has 1 heterocycles. The van der Waals surface area contributed by atoms with Crippen LogP contribution in [0.4, 0.5) is 0 Å². The summed E-state index contributed by atoms with van der Waals surface area (Å²) in [7, 11) is -1.07. The molecule has 0 aliphatic carbocycles. The number of thiophene rings is 1. The molecule has 0 aromatic carbocycles. The maximum Gasteiger partial charge on any atom is 0.331 e. The highest BCUT2D eigenvalue weighted by molar-refractivity contribution is 7.89. The van der Waals surface area contributed by atoms with Crippen LogP contribution in [0.5, 0.6) is 0 Å². The van der Waals surface area contributed by atoms with E-state index in [-0.39, 0.29) is 16.4 Å². The Morgan fingerprint density at radius 1 is 1.48 bits per heavy atom. The van der Waals surface area contributed by atoms with Crippen molar-refractivity contribution >= 4 is 33.2 Å². The van der Waals surface area contributed by atoms with Crippen LogP contribution in [0, 0.1) is 0 Å². The van der Waals surface area contributed by atoms with Crippen LogP contribution in [0.2, 0.25) is 0 Å². The van der Waals surface area contributed by atoms with Crippen molar-refractivity contribution in [3.63, 3.8) is 0 Å². The number of carbonyl (C=O) groups excluding carboxylic acids is 1. The van der Waals surface area contributed by atoms with E-state index in [9.17, 15) is 18.0 Å². The average Bonchev–Trinajstić information content (AvgIpc) is 2.89. The van der Waals surface area contributed by atoms with Crippen molar-refractivity contribution in [3.8, 4) is 0 Å². The molecule has 0 radical (unpaired) electrons. The minimum absolute atomic E-state index is 0.0519. The molecular formula is C11H16N2O6S2. The van der Waals surface area contributed by atoms with Crippen LogP contribution >= 0.6 is 11.3 Å². The van der Waals surface area contributed by atoms with E-state index in [2.05, 4.69) is 10.0 Å². The maximum atomic E-state index is 12.0. The van der Waals surface area contributed by atoms with Gasteiger partial charge in [0, 0.05) is 12.5 Å². The molecule has 10 heteroatoms. The number of hydrogen-bond acceptors (Lipinski definition) is 6. The summed E-state index contributed by atoms with van der Waals surface area (Å²) in [5, 5.41) is 12.8. The predicted octanol–water partition coefficient (Wildman–Crippen LogP) is -0.124. The molecule has 118 valence electrons. The zero-order valence-electron chi connectivity index (χ0n) is 11.7. The first kappa shape index (κ1) is 17.6. The molecule has 3 N–H and O–H groups in total. The molecule has 1 rings (SSSR count). The Morgan fingerprint density at radius 2 is 2.10 bits per heavy atom. The van der Waals surface area contributed by atoms with Gasteiger partial charge in [-0.15, -0.1) is 11.3 Å². The van der Waals surface area contributed by atoms with Gasteiger partial charge in [0.05, 0.1) is 16.4 Å². The molecule has 8 nitrogen and oxygen atoms in total. The highest BCUT2D eigenvalue weighted by atomic mass is 32.2. The number of ether oxygens (including phenoxy) is 1. The normalized spacial score (nSPS) is 14.4. The van der Waals surface area contributed by atoms with Gasteiger partial charge in [0.15, 0.2) is 5.54 Å². The monoisotopic (exact) mass is 336 g/mol. The smallest absolute Gasteiger partial charge is 0.331 e. The van der Waals surface area contributed by atoms with Crippen molar-refractivity contribution in [1.82, 2.24) is 10.0 Å². The maximum absolute atomic E-state index is 12.0. The molecule has 1 aromatic heterocycles. The van der Waals surface area contributed by atoms with Crippen molar-refractivity contribution < 1.29 is 27.9 Å². The number of hydrogen-bond donors (Lipinski definition) is 3. The third kappa shape index (κ3) is 4.00. The molecule has 0 aliphatic heterocycles. The molecular weight excluding hydrogens is 320 g/mol. The molecule has 1 amide bonds. The second kappa shape index (κ2) is 6.52. The van der Waals surface area contributed by atoms with Crippen molar-refractivity contribution in [2.24, 2.45) is 0 Å². The second-order valence-electron chi connectivity index (χ2n) is 4.38. The van der Waals surface area contributed by atoms with E-state index in [4.69, 9.17) is 9.84 Å². The van der Waals surface area contributed by atoms with Gasteiger partial charge in [-0.25, -0.2) is 17.9 Å². The Bertz CT molecular complexity index is 639. The van der Waals surface area contributed by atoms with Crippen LogP contribution in [0.3, 0.4) is 0 Å². The van der Waals surface area contributed by atoms with Crippen LogP contribution in [-0.4, -0.2) is 51.7 Å². The molecule has 0 aliphatic rings. The largest absolute Gasteiger partial charge is 0.479 e. The summed E-state index contributed by atoms with van der Waals surface area (Å²) in [4.78, 5) is 23.3. The van der Waals surface area contributed by atoms with Crippen molar-refractivity contribution in [2.75, 3.05) is 20.8 Å². The van der Waals surface area contributed by atoms with Crippen molar-refractivity contribution in [3.05, 3.63) is 16.3 Å². The van der Waals surface area contributed by atoms with Gasteiger partial charge >= 0.3 is 5.97 Å². The lowest BCUT2D eigenvalue weighted by molar-refractivity contribution is -0.145. The summed E-state index contributed by atoms with van der Waals surface area (Å²) >= 11 is 0.905. The van der Waals surface area contributed by atoms with Gasteiger partial charge in [-0.05, 0) is 20.0 Å². The first-order valence-electron chi connectivity index (χ1n) is 5.73. The fraction of sp³-hybridized carbons (Fsp3) is 0.455. The van der Waals surface area contributed by atoms with Gasteiger partial charge in [-0.1, -0.05) is 0 Å². The fourth-order valence-electron chi connectivity index (χ4n) is 1.45. The SMILES string of the molecule is CNS(=O)(=O)c1csc(C(=O)NC(C)(COC)C(=O)O)c1. The van der Waals surface area contributed by atoms with E-state index in [1.165, 1.54) is 32.5 Å². The number of nitrogens with one attached hydrogen (secondary N) is 2. The van der Waals surface area contributed by atoms with Crippen LogP contribution < -0.4 is 10.0 Å². The lowest BCUT2D eigenvalue weighted by Crippen LogP contribution is -2.55. The van der Waals surface area contributed by atoms with Crippen LogP contribution in [0.1, 0.15) is 16.6 Å². The standard InChI is InChI=1S/C11H16N2O6S2/c1-11(6-19-3,10(15)16)13-9(14)8-4-7(5-20-8)21(17,18)12-2/h4-5,12H,6H2,1-3H3,(H,13,14)(H,15,16). The van der Waals surface area contributed by atoms with Crippen LogP contribution in [-0.2, 0) is 19.6 Å². The Hall–Kier alpha value is -1.49. The summed E-state index contributed by atoms with van der Waals surface area (Å²) < 4.78 is 30.1. The molecule has 0 bridgehead atoms. The van der Waals surface area contributed by atoms with Crippen LogP contribution in [0.15, 0.2) is 16.3 Å². The van der Waals surface area contributed by atoms with E-state index >= 15 is 0 Å². The Labute approximate surface area is 126 Å². The number of methoxy groups -OCH3 is 1. The molecule has 21 heavy (non-hydrogen) atoms. The highest BCUT2D eigenvalue weighted by Crippen LogP contribution is 2.20. The summed E-state index contributed by atoms with van der Waals surface area (Å²) in [6.45, 7) is 1.08. The number of carboxylic acids is 1. The van der Waals surface area contributed by atoms with Gasteiger partial charge < -0.3 is 15.2 Å². The minimum Gasteiger partial charge on any atom is -0.479 e. The lowest BCUT2D eigenvalue weighted by atomic mass is 10.0. The molecule has 0 saturated carbocycles. The molecule has 1 aromatic rings. The summed E-state index contributed by atoms with van der Waals surface area (Å²) in [6, 6.07) is 1.18. The van der Waals surface area contributed by atoms with Gasteiger partial charge in [0.1, 0.15) is 0 Å². The lowest BCUT2D eigenvalue weighted by Gasteiger charge is -2.24. The summed E-state index contributed by atoms with van der Waals surface area (Å²) in [6.07, 6.45) is 0. The van der Waals surface area contributed by atoms with E-state index in [0.29, 0.717) is 0 Å². The predicted molar refractivity (Wildman–Crippen MR) is 75.9 cm³/mol. The zero-order valence-corrected chi connectivity index (χ0v) is 13.3. The van der Waals surface area contributed by atoms with E-state index in [1.807, 2.05) is 0 Å². The Morgan fingerprint density at radius 3 is 2.57 bits per heavy atom. The van der Waals surface area contributed by atoms with Gasteiger partial charge in [0.2, 0.25) is 10.0 Å². The number of aliphatic carboxylic acids is 1. The summed E-state index contributed by atoms with van der Waals surface area (Å²) in [5.41, 5.74) is -1.60. The first-order valence-corrected chi connectivity index (χ1v) is 8.09. The first-order chi connectivity index (χ1) is 9.66. The van der Waals surface area contributed by atoms with E-state index < -0.39 is 27.4 Å². The third-order valence-electron chi connectivity index (χ3n) is 2.67. The molecule has 1 atom stereocenters. The van der Waals surface area contributed by atoms with Crippen molar-refractivity contribution in [1.29, 1.82) is 0 Å². The zero-order chi connectivity index (χ0) is 16.3. The number of amides is 1. The minimum atomic E-state index is -3.64. The Kier molecular flexibility index (Phi) is 5.45. The number of carbonyl (C=O) groups is 2. The molecule has 0 saturated heterocycles. The second-order valence-corrected chi connectivity index (χ2v) is 7.18. The van der Waals surface area contributed by atoms with Gasteiger partial charge in [-0.2, -0.15) is 0 Å². The number of rotatable bonds is 7. The number of sulfonamides is 1. The quantitative estimate of drug-likeness (QED) is 0.638.